The molecule has 0 saturated heterocycles. The van der Waals surface area contributed by atoms with Gasteiger partial charge in [-0.3, -0.25) is 0 Å². The predicted molar refractivity (Wildman–Crippen MR) is 74.6 cm³/mol. The maximum absolute atomic E-state index is 9.68. The lowest BCUT2D eigenvalue weighted by atomic mass is 9.82. The van der Waals surface area contributed by atoms with Crippen molar-refractivity contribution in [2.24, 2.45) is 7.05 Å². The molecule has 3 heteroatoms. The molecule has 1 aliphatic rings. The highest BCUT2D eigenvalue weighted by Gasteiger charge is 2.30. The van der Waals surface area contributed by atoms with Gasteiger partial charge in [0.25, 0.3) is 0 Å². The van der Waals surface area contributed by atoms with Gasteiger partial charge in [0.05, 0.1) is 6.61 Å². The molecule has 1 saturated carbocycles. The standard InChI is InChI=1S/C15H26N2O/c1-12-9-14(13(2)17(12)3)10-16-15(11-18)7-5-4-6-8-15/h9,16,18H,4-8,10-11H2,1-3H3. The highest BCUT2D eigenvalue weighted by Crippen LogP contribution is 2.28. The van der Waals surface area contributed by atoms with Crippen LogP contribution in [0.3, 0.4) is 0 Å². The van der Waals surface area contributed by atoms with E-state index in [1.54, 1.807) is 0 Å². The topological polar surface area (TPSA) is 37.2 Å². The zero-order valence-electron chi connectivity index (χ0n) is 11.9. The van der Waals surface area contributed by atoms with Crippen LogP contribution in [0.4, 0.5) is 0 Å². The molecular formula is C15H26N2O. The average Bonchev–Trinajstić information content (AvgIpc) is 2.65. The van der Waals surface area contributed by atoms with Crippen molar-refractivity contribution in [1.82, 2.24) is 9.88 Å². The van der Waals surface area contributed by atoms with Crippen molar-refractivity contribution in [3.05, 3.63) is 23.0 Å². The van der Waals surface area contributed by atoms with Crippen LogP contribution in [0.2, 0.25) is 0 Å². The molecule has 0 spiro atoms. The fourth-order valence-corrected chi connectivity index (χ4v) is 3.01. The predicted octanol–water partition coefficient (Wildman–Crippen LogP) is 2.43. The molecule has 1 aromatic heterocycles. The number of nitrogens with one attached hydrogen (secondary N) is 1. The van der Waals surface area contributed by atoms with E-state index in [9.17, 15) is 5.11 Å². The van der Waals surface area contributed by atoms with Crippen molar-refractivity contribution >= 4 is 0 Å². The van der Waals surface area contributed by atoms with E-state index in [0.29, 0.717) is 0 Å². The minimum Gasteiger partial charge on any atom is -0.394 e. The van der Waals surface area contributed by atoms with Crippen molar-refractivity contribution in [1.29, 1.82) is 0 Å². The number of aromatic nitrogens is 1. The first-order chi connectivity index (χ1) is 8.58. The molecule has 1 heterocycles. The van der Waals surface area contributed by atoms with Gasteiger partial charge >= 0.3 is 0 Å². The van der Waals surface area contributed by atoms with Crippen LogP contribution in [0, 0.1) is 13.8 Å². The van der Waals surface area contributed by atoms with Gasteiger partial charge in [-0.1, -0.05) is 19.3 Å². The SMILES string of the molecule is Cc1cc(CNC2(CO)CCCCC2)c(C)n1C. The summed E-state index contributed by atoms with van der Waals surface area (Å²) >= 11 is 0. The number of hydrogen-bond acceptors (Lipinski definition) is 2. The molecule has 1 fully saturated rings. The lowest BCUT2D eigenvalue weighted by molar-refractivity contribution is 0.119. The van der Waals surface area contributed by atoms with E-state index in [1.807, 2.05) is 0 Å². The molecule has 0 aliphatic heterocycles. The third-order valence-electron chi connectivity index (χ3n) is 4.65. The third-order valence-corrected chi connectivity index (χ3v) is 4.65. The molecule has 1 aliphatic carbocycles. The average molecular weight is 250 g/mol. The Kier molecular flexibility index (Phi) is 4.13. The molecule has 3 nitrogen and oxygen atoms in total. The fourth-order valence-electron chi connectivity index (χ4n) is 3.01. The van der Waals surface area contributed by atoms with Gasteiger partial charge in [-0.25, -0.2) is 0 Å². The second kappa shape index (κ2) is 5.45. The highest BCUT2D eigenvalue weighted by atomic mass is 16.3. The van der Waals surface area contributed by atoms with E-state index >= 15 is 0 Å². The molecule has 0 radical (unpaired) electrons. The van der Waals surface area contributed by atoms with Crippen LogP contribution in [0.1, 0.15) is 49.1 Å². The largest absolute Gasteiger partial charge is 0.394 e. The fraction of sp³-hybridized carbons (Fsp3) is 0.733. The molecule has 0 unspecified atom stereocenters. The second-order valence-corrected chi connectivity index (χ2v) is 5.81. The number of aryl methyl sites for hydroxylation is 1. The van der Waals surface area contributed by atoms with Crippen molar-refractivity contribution in [2.75, 3.05) is 6.61 Å². The molecule has 18 heavy (non-hydrogen) atoms. The molecule has 2 rings (SSSR count). The molecular weight excluding hydrogens is 224 g/mol. The Morgan fingerprint density at radius 3 is 2.44 bits per heavy atom. The molecule has 2 N–H and O–H groups in total. The summed E-state index contributed by atoms with van der Waals surface area (Å²) in [5.74, 6) is 0. The number of aliphatic hydroxyl groups is 1. The van der Waals surface area contributed by atoms with Gasteiger partial charge in [-0.2, -0.15) is 0 Å². The first-order valence-corrected chi connectivity index (χ1v) is 7.06. The van der Waals surface area contributed by atoms with E-state index < -0.39 is 0 Å². The Balaban J connectivity index is 2.03. The van der Waals surface area contributed by atoms with Gasteiger partial charge < -0.3 is 15.0 Å². The minimum atomic E-state index is -0.0333. The van der Waals surface area contributed by atoms with Crippen LogP contribution in [0.25, 0.3) is 0 Å². The van der Waals surface area contributed by atoms with Gasteiger partial charge in [0.2, 0.25) is 0 Å². The second-order valence-electron chi connectivity index (χ2n) is 5.81. The summed E-state index contributed by atoms with van der Waals surface area (Å²) in [7, 11) is 2.11. The van der Waals surface area contributed by atoms with E-state index in [-0.39, 0.29) is 12.1 Å². The normalized spacial score (nSPS) is 19.1. The van der Waals surface area contributed by atoms with Gasteiger partial charge in [0.15, 0.2) is 0 Å². The third kappa shape index (κ3) is 2.62. The maximum Gasteiger partial charge on any atom is 0.0613 e. The summed E-state index contributed by atoms with van der Waals surface area (Å²) in [6, 6.07) is 2.25. The van der Waals surface area contributed by atoms with E-state index in [1.165, 1.54) is 36.2 Å². The van der Waals surface area contributed by atoms with E-state index in [0.717, 1.165) is 19.4 Å². The first-order valence-electron chi connectivity index (χ1n) is 7.06. The molecule has 0 amide bonds. The van der Waals surface area contributed by atoms with Crippen LogP contribution in [0.5, 0.6) is 0 Å². The molecule has 1 aromatic rings. The van der Waals surface area contributed by atoms with Crippen molar-refractivity contribution in [3.8, 4) is 0 Å². The van der Waals surface area contributed by atoms with Crippen molar-refractivity contribution in [3.63, 3.8) is 0 Å². The number of rotatable bonds is 4. The zero-order valence-corrected chi connectivity index (χ0v) is 11.9. The molecule has 0 atom stereocenters. The van der Waals surface area contributed by atoms with Crippen LogP contribution in [0.15, 0.2) is 6.07 Å². The molecule has 0 bridgehead atoms. The molecule has 102 valence electrons. The minimum absolute atomic E-state index is 0.0333. The van der Waals surface area contributed by atoms with Gasteiger partial charge in [0.1, 0.15) is 0 Å². The van der Waals surface area contributed by atoms with Gasteiger partial charge in [0, 0.05) is 30.5 Å². The highest BCUT2D eigenvalue weighted by molar-refractivity contribution is 5.26. The zero-order chi connectivity index (χ0) is 13.2. The maximum atomic E-state index is 9.68. The first kappa shape index (κ1) is 13.6. The number of aliphatic hydroxyl groups excluding tert-OH is 1. The summed E-state index contributed by atoms with van der Waals surface area (Å²) in [5, 5.41) is 13.3. The van der Waals surface area contributed by atoms with Crippen LogP contribution >= 0.6 is 0 Å². The van der Waals surface area contributed by atoms with Gasteiger partial charge in [-0.05, 0) is 38.3 Å². The Hall–Kier alpha value is -0.800. The monoisotopic (exact) mass is 250 g/mol. The van der Waals surface area contributed by atoms with Crippen LogP contribution in [-0.2, 0) is 13.6 Å². The summed E-state index contributed by atoms with van der Waals surface area (Å²) in [4.78, 5) is 0. The Labute approximate surface area is 110 Å². The van der Waals surface area contributed by atoms with Crippen molar-refractivity contribution in [2.45, 2.75) is 58.0 Å². The Morgan fingerprint density at radius 1 is 1.28 bits per heavy atom. The number of nitrogens with zero attached hydrogens (tertiary/aromatic N) is 1. The lowest BCUT2D eigenvalue weighted by Gasteiger charge is -2.36. The smallest absolute Gasteiger partial charge is 0.0613 e. The lowest BCUT2D eigenvalue weighted by Crippen LogP contribution is -2.49. The Morgan fingerprint density at radius 2 is 1.94 bits per heavy atom. The number of hydrogen-bond donors (Lipinski definition) is 2. The van der Waals surface area contributed by atoms with Gasteiger partial charge in [-0.15, -0.1) is 0 Å². The van der Waals surface area contributed by atoms with E-state index in [2.05, 4.69) is 36.8 Å². The summed E-state index contributed by atoms with van der Waals surface area (Å²) < 4.78 is 2.23. The van der Waals surface area contributed by atoms with E-state index in [4.69, 9.17) is 0 Å². The Bertz CT molecular complexity index is 403. The van der Waals surface area contributed by atoms with Crippen LogP contribution in [-0.4, -0.2) is 21.8 Å². The summed E-state index contributed by atoms with van der Waals surface area (Å²) in [6.07, 6.45) is 6.00. The molecule has 0 aromatic carbocycles. The summed E-state index contributed by atoms with van der Waals surface area (Å²) in [6.45, 7) is 5.43. The summed E-state index contributed by atoms with van der Waals surface area (Å²) in [5.41, 5.74) is 3.94. The quantitative estimate of drug-likeness (QED) is 0.861. The van der Waals surface area contributed by atoms with Crippen molar-refractivity contribution < 1.29 is 5.11 Å². The van der Waals surface area contributed by atoms with Crippen LogP contribution < -0.4 is 5.32 Å².